The van der Waals surface area contributed by atoms with Gasteiger partial charge in [-0.05, 0) is 30.5 Å². The van der Waals surface area contributed by atoms with Crippen molar-refractivity contribution in [2.45, 2.75) is 39.2 Å². The highest BCUT2D eigenvalue weighted by atomic mass is 16.5. The average Bonchev–Trinajstić information content (AvgIpc) is 2.80. The second-order valence-electron chi connectivity index (χ2n) is 8.42. The van der Waals surface area contributed by atoms with E-state index in [1.807, 2.05) is 19.1 Å². The van der Waals surface area contributed by atoms with Crippen molar-refractivity contribution in [2.24, 2.45) is 5.92 Å². The number of aromatic nitrogens is 2. The molecule has 9 heteroatoms. The molecule has 9 nitrogen and oxygen atoms in total. The third-order valence-corrected chi connectivity index (χ3v) is 5.71. The Kier molecular flexibility index (Phi) is 8.85. The second kappa shape index (κ2) is 11.8. The summed E-state index contributed by atoms with van der Waals surface area (Å²) in [6, 6.07) is 6.61. The van der Waals surface area contributed by atoms with E-state index in [1.165, 1.54) is 0 Å². The fraction of sp³-hybridized carbons (Fsp3) is 0.542. The summed E-state index contributed by atoms with van der Waals surface area (Å²) in [5.41, 5.74) is 3.50. The number of hydrogen-bond donors (Lipinski definition) is 2. The van der Waals surface area contributed by atoms with Gasteiger partial charge in [0.25, 0.3) is 0 Å². The zero-order chi connectivity index (χ0) is 23.8. The normalized spacial score (nSPS) is 17.1. The predicted octanol–water partition coefficient (Wildman–Crippen LogP) is 3.68. The van der Waals surface area contributed by atoms with Crippen LogP contribution in [0.4, 0.5) is 17.1 Å². The molecule has 0 spiro atoms. The Morgan fingerprint density at radius 1 is 1.33 bits per heavy atom. The number of anilines is 3. The number of ether oxygens (including phenoxy) is 3. The van der Waals surface area contributed by atoms with Crippen LogP contribution in [0, 0.1) is 5.92 Å². The fourth-order valence-electron chi connectivity index (χ4n) is 4.06. The number of rotatable bonds is 11. The molecule has 1 aromatic heterocycles. The van der Waals surface area contributed by atoms with Crippen LogP contribution in [0.1, 0.15) is 38.7 Å². The maximum Gasteiger partial charge on any atom is 0.316 e. The maximum absolute atomic E-state index is 11.4. The first kappa shape index (κ1) is 24.7. The summed E-state index contributed by atoms with van der Waals surface area (Å²) >= 11 is 0. The molecular formula is C24H34N4O5. The molecule has 0 radical (unpaired) electrons. The van der Waals surface area contributed by atoms with Gasteiger partial charge in [0.1, 0.15) is 0 Å². The summed E-state index contributed by atoms with van der Waals surface area (Å²) in [7, 11) is 1.58. The number of methoxy groups -OCH3 is 1. The molecule has 180 valence electrons. The SMILES string of the molecule is CCOc1ncc(Nc2cc(C(COC)CC(=O)O)ccc2N2CCOC[C@@H]2C(C)C)cn1. The molecule has 1 aliphatic heterocycles. The Morgan fingerprint density at radius 3 is 2.73 bits per heavy atom. The smallest absolute Gasteiger partial charge is 0.316 e. The number of aliphatic carboxylic acids is 1. The Labute approximate surface area is 195 Å². The lowest BCUT2D eigenvalue weighted by Gasteiger charge is -2.40. The molecule has 33 heavy (non-hydrogen) atoms. The lowest BCUT2D eigenvalue weighted by molar-refractivity contribution is -0.137. The Bertz CT molecular complexity index is 906. The van der Waals surface area contributed by atoms with E-state index in [4.69, 9.17) is 14.2 Å². The van der Waals surface area contributed by atoms with E-state index in [1.54, 1.807) is 19.5 Å². The molecule has 1 aromatic carbocycles. The molecule has 3 rings (SSSR count). The summed E-state index contributed by atoms with van der Waals surface area (Å²) in [6.07, 6.45) is 3.35. The number of benzene rings is 1. The van der Waals surface area contributed by atoms with Crippen molar-refractivity contribution in [3.05, 3.63) is 36.2 Å². The monoisotopic (exact) mass is 458 g/mol. The molecule has 0 amide bonds. The van der Waals surface area contributed by atoms with Gasteiger partial charge in [0.05, 0.1) is 68.3 Å². The summed E-state index contributed by atoms with van der Waals surface area (Å²) < 4.78 is 16.4. The van der Waals surface area contributed by atoms with Crippen LogP contribution in [-0.4, -0.2) is 67.2 Å². The van der Waals surface area contributed by atoms with Crippen LogP contribution in [0.2, 0.25) is 0 Å². The predicted molar refractivity (Wildman–Crippen MR) is 127 cm³/mol. The highest BCUT2D eigenvalue weighted by Crippen LogP contribution is 2.36. The first-order valence-electron chi connectivity index (χ1n) is 11.3. The van der Waals surface area contributed by atoms with Crippen LogP contribution in [0.5, 0.6) is 6.01 Å². The van der Waals surface area contributed by atoms with Gasteiger partial charge in [0.15, 0.2) is 0 Å². The van der Waals surface area contributed by atoms with Crippen LogP contribution in [-0.2, 0) is 14.3 Å². The largest absolute Gasteiger partial charge is 0.481 e. The van der Waals surface area contributed by atoms with Gasteiger partial charge in [-0.3, -0.25) is 4.79 Å². The average molecular weight is 459 g/mol. The number of morpholine rings is 1. The van der Waals surface area contributed by atoms with Gasteiger partial charge in [-0.15, -0.1) is 0 Å². The molecule has 0 saturated carbocycles. The van der Waals surface area contributed by atoms with Crippen molar-refractivity contribution in [1.29, 1.82) is 0 Å². The maximum atomic E-state index is 11.4. The highest BCUT2D eigenvalue weighted by Gasteiger charge is 2.28. The van der Waals surface area contributed by atoms with E-state index in [9.17, 15) is 9.90 Å². The first-order chi connectivity index (χ1) is 15.9. The number of hydrogen-bond acceptors (Lipinski definition) is 8. The molecule has 1 unspecified atom stereocenters. The minimum atomic E-state index is -0.858. The lowest BCUT2D eigenvalue weighted by atomic mass is 9.94. The third kappa shape index (κ3) is 6.55. The molecule has 2 heterocycles. The lowest BCUT2D eigenvalue weighted by Crippen LogP contribution is -2.48. The number of carbonyl (C=O) groups is 1. The quantitative estimate of drug-likeness (QED) is 0.521. The standard InChI is InChI=1S/C24H34N4O5/c1-5-33-24-25-12-19(13-26-24)27-20-10-17(18(14-31-4)11-23(29)30)6-7-21(20)28-8-9-32-15-22(28)16(2)3/h6-7,10,12-13,16,18,22,27H,5,8-9,11,14-15H2,1-4H3,(H,29,30)/t18?,22-/m1/s1. The van der Waals surface area contributed by atoms with E-state index < -0.39 is 5.97 Å². The Balaban J connectivity index is 1.99. The van der Waals surface area contributed by atoms with E-state index in [-0.39, 0.29) is 18.4 Å². The van der Waals surface area contributed by atoms with E-state index in [2.05, 4.69) is 40.1 Å². The van der Waals surface area contributed by atoms with Gasteiger partial charge in [-0.2, -0.15) is 0 Å². The molecule has 0 bridgehead atoms. The van der Waals surface area contributed by atoms with Crippen molar-refractivity contribution in [3.8, 4) is 6.01 Å². The molecule has 0 aliphatic carbocycles. The molecular weight excluding hydrogens is 424 g/mol. The summed E-state index contributed by atoms with van der Waals surface area (Å²) in [4.78, 5) is 22.3. The van der Waals surface area contributed by atoms with Gasteiger partial charge in [0, 0.05) is 19.6 Å². The van der Waals surface area contributed by atoms with Crippen LogP contribution >= 0.6 is 0 Å². The van der Waals surface area contributed by atoms with Crippen molar-refractivity contribution in [1.82, 2.24) is 9.97 Å². The molecule has 1 fully saturated rings. The van der Waals surface area contributed by atoms with Crippen LogP contribution in [0.3, 0.4) is 0 Å². The van der Waals surface area contributed by atoms with Crippen molar-refractivity contribution < 1.29 is 24.1 Å². The molecule has 2 aromatic rings. The van der Waals surface area contributed by atoms with Crippen LogP contribution in [0.15, 0.2) is 30.6 Å². The van der Waals surface area contributed by atoms with Gasteiger partial charge in [-0.1, -0.05) is 19.9 Å². The zero-order valence-electron chi connectivity index (χ0n) is 19.8. The minimum absolute atomic E-state index is 0.00896. The number of carboxylic acid groups (broad SMARTS) is 1. The molecule has 2 N–H and O–H groups in total. The van der Waals surface area contributed by atoms with Gasteiger partial charge in [0.2, 0.25) is 0 Å². The third-order valence-electron chi connectivity index (χ3n) is 5.71. The summed E-state index contributed by atoms with van der Waals surface area (Å²) in [5.74, 6) is -0.715. The highest BCUT2D eigenvalue weighted by molar-refractivity contribution is 5.77. The van der Waals surface area contributed by atoms with Crippen molar-refractivity contribution >= 4 is 23.0 Å². The Hall–Kier alpha value is -2.91. The number of nitrogens with one attached hydrogen (secondary N) is 1. The number of nitrogens with zero attached hydrogens (tertiary/aromatic N) is 3. The van der Waals surface area contributed by atoms with Crippen molar-refractivity contribution in [2.75, 3.05) is 50.3 Å². The summed E-state index contributed by atoms with van der Waals surface area (Å²) in [6.45, 7) is 9.17. The zero-order valence-corrected chi connectivity index (χ0v) is 19.8. The second-order valence-corrected chi connectivity index (χ2v) is 8.42. The van der Waals surface area contributed by atoms with E-state index in [0.29, 0.717) is 44.0 Å². The van der Waals surface area contributed by atoms with Crippen LogP contribution in [0.25, 0.3) is 0 Å². The van der Waals surface area contributed by atoms with E-state index in [0.717, 1.165) is 23.5 Å². The van der Waals surface area contributed by atoms with Gasteiger partial charge in [-0.25, -0.2) is 9.97 Å². The van der Waals surface area contributed by atoms with Gasteiger partial charge >= 0.3 is 12.0 Å². The Morgan fingerprint density at radius 2 is 2.09 bits per heavy atom. The molecule has 1 aliphatic rings. The van der Waals surface area contributed by atoms with E-state index >= 15 is 0 Å². The minimum Gasteiger partial charge on any atom is -0.481 e. The number of carboxylic acids is 1. The fourth-order valence-corrected chi connectivity index (χ4v) is 4.06. The van der Waals surface area contributed by atoms with Crippen molar-refractivity contribution in [3.63, 3.8) is 0 Å². The topological polar surface area (TPSA) is 106 Å². The summed E-state index contributed by atoms with van der Waals surface area (Å²) in [5, 5.41) is 12.8. The molecule has 1 saturated heterocycles. The van der Waals surface area contributed by atoms with Crippen LogP contribution < -0.4 is 15.0 Å². The van der Waals surface area contributed by atoms with Gasteiger partial charge < -0.3 is 29.5 Å². The molecule has 2 atom stereocenters. The first-order valence-corrected chi connectivity index (χ1v) is 11.3.